The van der Waals surface area contributed by atoms with Crippen molar-refractivity contribution in [2.75, 3.05) is 20.1 Å². The highest BCUT2D eigenvalue weighted by molar-refractivity contribution is 5.91. The van der Waals surface area contributed by atoms with Gasteiger partial charge in [-0.2, -0.15) is 0 Å². The molecule has 2 aromatic carbocycles. The van der Waals surface area contributed by atoms with Gasteiger partial charge in [-0.1, -0.05) is 42.8 Å². The Kier molecular flexibility index (Phi) is 7.06. The molecular formula is C28H32N2O4. The lowest BCUT2D eigenvalue weighted by molar-refractivity contribution is -0.132. The summed E-state index contributed by atoms with van der Waals surface area (Å²) in [5.74, 6) is 1.60. The minimum Gasteiger partial charge on any atom is -0.486 e. The first-order valence-corrected chi connectivity index (χ1v) is 11.9. The van der Waals surface area contributed by atoms with Crippen molar-refractivity contribution in [3.05, 3.63) is 88.4 Å². The summed E-state index contributed by atoms with van der Waals surface area (Å²) in [4.78, 5) is 28.7. The lowest BCUT2D eigenvalue weighted by Crippen LogP contribution is -2.40. The number of carbonyl (C=O) groups is 2. The Morgan fingerprint density at radius 1 is 1.12 bits per heavy atom. The number of hydrogen-bond acceptors (Lipinski definition) is 4. The fourth-order valence-corrected chi connectivity index (χ4v) is 4.41. The van der Waals surface area contributed by atoms with Crippen molar-refractivity contribution in [3.63, 3.8) is 0 Å². The predicted octanol–water partition coefficient (Wildman–Crippen LogP) is 5.14. The Bertz CT molecular complexity index is 1180. The van der Waals surface area contributed by atoms with Crippen LogP contribution in [0.25, 0.3) is 0 Å². The molecule has 1 aromatic heterocycles. The monoisotopic (exact) mass is 460 g/mol. The average Bonchev–Trinajstić information content (AvgIpc) is 3.34. The number of ether oxygens (including phenoxy) is 1. The lowest BCUT2D eigenvalue weighted by Gasteiger charge is -2.38. The van der Waals surface area contributed by atoms with Gasteiger partial charge >= 0.3 is 0 Å². The second-order valence-electron chi connectivity index (χ2n) is 8.74. The van der Waals surface area contributed by atoms with Crippen LogP contribution in [-0.2, 0) is 17.8 Å². The molecule has 0 radical (unpaired) electrons. The van der Waals surface area contributed by atoms with Crippen LogP contribution in [0, 0.1) is 6.92 Å². The fourth-order valence-electron chi connectivity index (χ4n) is 4.41. The minimum absolute atomic E-state index is 0.142. The third-order valence-electron chi connectivity index (χ3n) is 6.40. The number of aryl methyl sites for hydroxylation is 1. The molecule has 2 amide bonds. The number of nitrogens with zero attached hydrogens (tertiary/aromatic N) is 2. The van der Waals surface area contributed by atoms with Gasteiger partial charge in [0.2, 0.25) is 5.91 Å². The summed E-state index contributed by atoms with van der Waals surface area (Å²) in [6.07, 6.45) is 1.29. The van der Waals surface area contributed by atoms with Crippen molar-refractivity contribution in [1.29, 1.82) is 0 Å². The van der Waals surface area contributed by atoms with Crippen molar-refractivity contribution in [2.24, 2.45) is 0 Å². The Morgan fingerprint density at radius 3 is 2.68 bits per heavy atom. The molecule has 1 aliphatic heterocycles. The average molecular weight is 461 g/mol. The summed E-state index contributed by atoms with van der Waals surface area (Å²) in [6, 6.07) is 17.8. The zero-order valence-electron chi connectivity index (χ0n) is 20.3. The topological polar surface area (TPSA) is 63.0 Å². The Hall–Kier alpha value is -3.54. The van der Waals surface area contributed by atoms with E-state index < -0.39 is 0 Å². The number of rotatable bonds is 7. The van der Waals surface area contributed by atoms with E-state index in [0.29, 0.717) is 36.8 Å². The predicted molar refractivity (Wildman–Crippen MR) is 131 cm³/mol. The summed E-state index contributed by atoms with van der Waals surface area (Å²) in [5, 5.41) is 0. The zero-order chi connectivity index (χ0) is 24.2. The molecule has 0 N–H and O–H groups in total. The van der Waals surface area contributed by atoms with Crippen LogP contribution in [0.15, 0.2) is 59.0 Å². The first kappa shape index (κ1) is 23.6. The van der Waals surface area contributed by atoms with Gasteiger partial charge in [0.05, 0.1) is 6.04 Å². The molecule has 6 nitrogen and oxygen atoms in total. The van der Waals surface area contributed by atoms with Gasteiger partial charge in [-0.25, -0.2) is 0 Å². The first-order chi connectivity index (χ1) is 16.4. The fraction of sp³-hybridized carbons (Fsp3) is 0.357. The maximum atomic E-state index is 12.8. The summed E-state index contributed by atoms with van der Waals surface area (Å²) < 4.78 is 11.7. The Morgan fingerprint density at radius 2 is 1.94 bits per heavy atom. The summed E-state index contributed by atoms with van der Waals surface area (Å²) >= 11 is 0. The van der Waals surface area contributed by atoms with Crippen LogP contribution in [0.1, 0.15) is 64.9 Å². The van der Waals surface area contributed by atoms with Gasteiger partial charge in [-0.15, -0.1) is 0 Å². The molecule has 0 bridgehead atoms. The molecule has 3 aromatic rings. The van der Waals surface area contributed by atoms with Gasteiger partial charge in [0, 0.05) is 26.6 Å². The van der Waals surface area contributed by atoms with E-state index in [4.69, 9.17) is 9.15 Å². The molecule has 34 heavy (non-hydrogen) atoms. The largest absolute Gasteiger partial charge is 0.486 e. The second kappa shape index (κ2) is 10.2. The van der Waals surface area contributed by atoms with E-state index in [1.54, 1.807) is 24.1 Å². The van der Waals surface area contributed by atoms with Crippen LogP contribution >= 0.6 is 0 Å². The van der Waals surface area contributed by atoms with Crippen molar-refractivity contribution in [1.82, 2.24) is 9.80 Å². The van der Waals surface area contributed by atoms with Gasteiger partial charge in [0.25, 0.3) is 5.91 Å². The maximum Gasteiger partial charge on any atom is 0.289 e. The van der Waals surface area contributed by atoms with Crippen LogP contribution in [0.2, 0.25) is 0 Å². The Balaban J connectivity index is 1.59. The van der Waals surface area contributed by atoms with Crippen molar-refractivity contribution in [2.45, 2.75) is 46.3 Å². The highest BCUT2D eigenvalue weighted by atomic mass is 16.5. The summed E-state index contributed by atoms with van der Waals surface area (Å²) in [5.41, 5.74) is 4.59. The van der Waals surface area contributed by atoms with Crippen LogP contribution in [0.3, 0.4) is 0 Å². The third-order valence-corrected chi connectivity index (χ3v) is 6.40. The standard InChI is InChI=1S/C28H32N2O4/c1-5-26(31)30-15-14-20-10-11-22(17-24(20)27(30)21-9-7-8-19(3)16-21)33-18-23-12-13-25(34-23)28(32)29(4)6-2/h7-13,16-17,27H,5-6,14-15,18H2,1-4H3. The molecule has 0 saturated heterocycles. The van der Waals surface area contributed by atoms with E-state index in [0.717, 1.165) is 23.1 Å². The first-order valence-electron chi connectivity index (χ1n) is 11.9. The number of furan rings is 1. The number of hydrogen-bond donors (Lipinski definition) is 0. The molecule has 6 heteroatoms. The molecule has 0 spiro atoms. The Labute approximate surface area is 201 Å². The van der Waals surface area contributed by atoms with Gasteiger partial charge < -0.3 is 19.0 Å². The van der Waals surface area contributed by atoms with Crippen LogP contribution in [0.4, 0.5) is 0 Å². The van der Waals surface area contributed by atoms with E-state index in [9.17, 15) is 9.59 Å². The van der Waals surface area contributed by atoms with Gasteiger partial charge in [0.15, 0.2) is 5.76 Å². The van der Waals surface area contributed by atoms with E-state index in [2.05, 4.69) is 31.2 Å². The zero-order valence-corrected chi connectivity index (χ0v) is 20.3. The molecule has 178 valence electrons. The molecule has 1 unspecified atom stereocenters. The molecule has 0 saturated carbocycles. The van der Waals surface area contributed by atoms with E-state index >= 15 is 0 Å². The SMILES string of the molecule is CCC(=O)N1CCc2ccc(OCc3ccc(C(=O)N(C)CC)o3)cc2C1c1cccc(C)c1. The van der Waals surface area contributed by atoms with Crippen LogP contribution < -0.4 is 4.74 Å². The molecule has 4 rings (SSSR count). The smallest absolute Gasteiger partial charge is 0.289 e. The second-order valence-corrected chi connectivity index (χ2v) is 8.74. The highest BCUT2D eigenvalue weighted by Gasteiger charge is 2.31. The maximum absolute atomic E-state index is 12.8. The normalized spacial score (nSPS) is 15.1. The van der Waals surface area contributed by atoms with Gasteiger partial charge in [0.1, 0.15) is 18.1 Å². The van der Waals surface area contributed by atoms with E-state index in [1.807, 2.05) is 36.9 Å². The molecule has 1 aliphatic rings. The van der Waals surface area contributed by atoms with Crippen molar-refractivity contribution >= 4 is 11.8 Å². The number of fused-ring (bicyclic) bond motifs is 1. The van der Waals surface area contributed by atoms with Crippen molar-refractivity contribution < 1.29 is 18.7 Å². The molecule has 2 heterocycles. The molecule has 1 atom stereocenters. The van der Waals surface area contributed by atoms with Gasteiger partial charge in [-0.05, 0) is 61.2 Å². The number of carbonyl (C=O) groups excluding carboxylic acids is 2. The summed E-state index contributed by atoms with van der Waals surface area (Å²) in [6.45, 7) is 7.42. The minimum atomic E-state index is -0.149. The van der Waals surface area contributed by atoms with Crippen molar-refractivity contribution in [3.8, 4) is 5.75 Å². The number of benzene rings is 2. The number of amides is 2. The van der Waals surface area contributed by atoms with E-state index in [1.165, 1.54) is 5.56 Å². The highest BCUT2D eigenvalue weighted by Crippen LogP contribution is 2.38. The third kappa shape index (κ3) is 4.86. The van der Waals surface area contributed by atoms with Gasteiger partial charge in [-0.3, -0.25) is 9.59 Å². The quantitative estimate of drug-likeness (QED) is 0.490. The molecule has 0 fully saturated rings. The molecular weight excluding hydrogens is 428 g/mol. The van der Waals surface area contributed by atoms with Crippen LogP contribution in [0.5, 0.6) is 5.75 Å². The lowest BCUT2D eigenvalue weighted by atomic mass is 9.87. The van der Waals surface area contributed by atoms with Crippen LogP contribution in [-0.4, -0.2) is 41.8 Å². The van der Waals surface area contributed by atoms with E-state index in [-0.39, 0.29) is 24.5 Å². The summed E-state index contributed by atoms with van der Waals surface area (Å²) in [7, 11) is 1.74. The molecule has 0 aliphatic carbocycles.